The number of carbonyl (C=O) groups excluding carboxylic acids is 1. The van der Waals surface area contributed by atoms with E-state index in [-0.39, 0.29) is 17.5 Å². The maximum atomic E-state index is 13.8. The van der Waals surface area contributed by atoms with E-state index in [1.54, 1.807) is 17.4 Å². The number of rotatable bonds is 5. The molecule has 1 saturated heterocycles. The van der Waals surface area contributed by atoms with Crippen molar-refractivity contribution in [3.8, 4) is 0 Å². The Labute approximate surface area is 147 Å². The molecule has 1 aliphatic rings. The van der Waals surface area contributed by atoms with E-state index in [1.807, 2.05) is 11.4 Å². The van der Waals surface area contributed by atoms with Crippen molar-refractivity contribution in [1.29, 1.82) is 0 Å². The minimum atomic E-state index is -0.500. The number of thiophene rings is 1. The molecule has 1 unspecified atom stereocenters. The molecule has 0 aliphatic carbocycles. The lowest BCUT2D eigenvalue weighted by atomic mass is 10.1. The van der Waals surface area contributed by atoms with Gasteiger partial charge in [0.25, 0.3) is 5.91 Å². The van der Waals surface area contributed by atoms with Crippen LogP contribution in [0.3, 0.4) is 0 Å². The SMILES string of the molecule is O=C(NCC(c1cccs1)N1CCCC1)c1cc(Br)ccc1F. The van der Waals surface area contributed by atoms with E-state index in [0.717, 1.165) is 13.1 Å². The van der Waals surface area contributed by atoms with Gasteiger partial charge in [0, 0.05) is 15.9 Å². The second-order valence-corrected chi connectivity index (χ2v) is 7.50. The zero-order chi connectivity index (χ0) is 16.2. The summed E-state index contributed by atoms with van der Waals surface area (Å²) >= 11 is 4.97. The van der Waals surface area contributed by atoms with Crippen LogP contribution in [0.25, 0.3) is 0 Å². The Morgan fingerprint density at radius 1 is 1.35 bits per heavy atom. The summed E-state index contributed by atoms with van der Waals surface area (Å²) in [5, 5.41) is 4.95. The Kier molecular flexibility index (Phi) is 5.46. The van der Waals surface area contributed by atoms with Crippen LogP contribution in [0.1, 0.15) is 34.1 Å². The van der Waals surface area contributed by atoms with Crippen LogP contribution < -0.4 is 5.32 Å². The van der Waals surface area contributed by atoms with Gasteiger partial charge in [-0.05, 0) is 55.6 Å². The topological polar surface area (TPSA) is 32.3 Å². The Bertz CT molecular complexity index is 671. The van der Waals surface area contributed by atoms with Gasteiger partial charge in [0.15, 0.2) is 0 Å². The minimum absolute atomic E-state index is 0.0747. The van der Waals surface area contributed by atoms with Crippen molar-refractivity contribution in [3.63, 3.8) is 0 Å². The van der Waals surface area contributed by atoms with Crippen molar-refractivity contribution in [2.24, 2.45) is 0 Å². The number of hydrogen-bond donors (Lipinski definition) is 1. The summed E-state index contributed by atoms with van der Waals surface area (Å²) in [6, 6.07) is 8.69. The fourth-order valence-electron chi connectivity index (χ4n) is 2.90. The molecular formula is C17H18BrFN2OS. The summed E-state index contributed by atoms with van der Waals surface area (Å²) in [6.45, 7) is 2.58. The molecule has 0 radical (unpaired) electrons. The maximum Gasteiger partial charge on any atom is 0.254 e. The van der Waals surface area contributed by atoms with Crippen molar-refractivity contribution in [2.45, 2.75) is 18.9 Å². The number of nitrogens with one attached hydrogen (secondary N) is 1. The van der Waals surface area contributed by atoms with Crippen LogP contribution in [-0.2, 0) is 0 Å². The number of hydrogen-bond acceptors (Lipinski definition) is 3. The largest absolute Gasteiger partial charge is 0.350 e. The summed E-state index contributed by atoms with van der Waals surface area (Å²) in [7, 11) is 0. The zero-order valence-corrected chi connectivity index (χ0v) is 15.0. The lowest BCUT2D eigenvalue weighted by Gasteiger charge is -2.27. The van der Waals surface area contributed by atoms with Gasteiger partial charge < -0.3 is 5.32 Å². The molecule has 0 bridgehead atoms. The summed E-state index contributed by atoms with van der Waals surface area (Å²) in [4.78, 5) is 15.9. The van der Waals surface area contributed by atoms with Crippen molar-refractivity contribution in [2.75, 3.05) is 19.6 Å². The summed E-state index contributed by atoms with van der Waals surface area (Å²) in [5.41, 5.74) is 0.0747. The molecule has 1 aromatic carbocycles. The fraction of sp³-hybridized carbons (Fsp3) is 0.353. The molecule has 1 fully saturated rings. The highest BCUT2D eigenvalue weighted by molar-refractivity contribution is 9.10. The van der Waals surface area contributed by atoms with Gasteiger partial charge in [-0.25, -0.2) is 4.39 Å². The van der Waals surface area contributed by atoms with E-state index in [1.165, 1.54) is 29.9 Å². The summed E-state index contributed by atoms with van der Waals surface area (Å²) in [5.74, 6) is -0.871. The first-order valence-electron chi connectivity index (χ1n) is 7.66. The van der Waals surface area contributed by atoms with Crippen molar-refractivity contribution >= 4 is 33.2 Å². The molecule has 1 aliphatic heterocycles. The van der Waals surface area contributed by atoms with Crippen molar-refractivity contribution in [1.82, 2.24) is 10.2 Å². The van der Waals surface area contributed by atoms with Crippen LogP contribution >= 0.6 is 27.3 Å². The second-order valence-electron chi connectivity index (χ2n) is 5.61. The molecule has 0 spiro atoms. The van der Waals surface area contributed by atoms with Crippen LogP contribution in [0.5, 0.6) is 0 Å². The molecule has 6 heteroatoms. The molecule has 0 saturated carbocycles. The van der Waals surface area contributed by atoms with Crippen LogP contribution in [-0.4, -0.2) is 30.4 Å². The van der Waals surface area contributed by atoms with Gasteiger partial charge in [0.1, 0.15) is 5.82 Å². The Morgan fingerprint density at radius 3 is 2.83 bits per heavy atom. The average molecular weight is 397 g/mol. The summed E-state index contributed by atoms with van der Waals surface area (Å²) < 4.78 is 14.5. The molecule has 2 heterocycles. The Balaban J connectivity index is 1.71. The van der Waals surface area contributed by atoms with E-state index < -0.39 is 5.82 Å². The van der Waals surface area contributed by atoms with Crippen molar-refractivity contribution in [3.05, 3.63) is 56.4 Å². The maximum absolute atomic E-state index is 13.8. The van der Waals surface area contributed by atoms with Gasteiger partial charge in [0.2, 0.25) is 0 Å². The molecule has 3 rings (SSSR count). The van der Waals surface area contributed by atoms with Crippen LogP contribution in [0, 0.1) is 5.82 Å². The van der Waals surface area contributed by atoms with Gasteiger partial charge in [-0.15, -0.1) is 11.3 Å². The minimum Gasteiger partial charge on any atom is -0.350 e. The normalized spacial score (nSPS) is 16.4. The van der Waals surface area contributed by atoms with Gasteiger partial charge in [-0.1, -0.05) is 22.0 Å². The lowest BCUT2D eigenvalue weighted by molar-refractivity contribution is 0.0934. The van der Waals surface area contributed by atoms with Gasteiger partial charge in [-0.3, -0.25) is 9.69 Å². The smallest absolute Gasteiger partial charge is 0.254 e. The number of halogens is 2. The van der Waals surface area contributed by atoms with Gasteiger partial charge in [0.05, 0.1) is 11.6 Å². The molecule has 1 N–H and O–H groups in total. The van der Waals surface area contributed by atoms with Crippen LogP contribution in [0.15, 0.2) is 40.2 Å². The molecule has 1 atom stereocenters. The van der Waals surface area contributed by atoms with Crippen LogP contribution in [0.4, 0.5) is 4.39 Å². The van der Waals surface area contributed by atoms with E-state index in [0.29, 0.717) is 11.0 Å². The molecule has 1 amide bonds. The number of amides is 1. The van der Waals surface area contributed by atoms with E-state index in [9.17, 15) is 9.18 Å². The molecule has 2 aromatic rings. The number of likely N-dealkylation sites (tertiary alicyclic amines) is 1. The highest BCUT2D eigenvalue weighted by atomic mass is 79.9. The molecule has 23 heavy (non-hydrogen) atoms. The van der Waals surface area contributed by atoms with Gasteiger partial charge >= 0.3 is 0 Å². The Morgan fingerprint density at radius 2 is 2.13 bits per heavy atom. The first-order chi connectivity index (χ1) is 11.1. The fourth-order valence-corrected chi connectivity index (χ4v) is 4.12. The van der Waals surface area contributed by atoms with Crippen LogP contribution in [0.2, 0.25) is 0 Å². The predicted octanol–water partition coefficient (Wildman–Crippen LogP) is 4.22. The highest BCUT2D eigenvalue weighted by Gasteiger charge is 2.25. The lowest BCUT2D eigenvalue weighted by Crippen LogP contribution is -2.36. The summed E-state index contributed by atoms with van der Waals surface area (Å²) in [6.07, 6.45) is 2.38. The molecule has 1 aromatic heterocycles. The van der Waals surface area contributed by atoms with E-state index in [2.05, 4.69) is 32.2 Å². The third-order valence-corrected chi connectivity index (χ3v) is 5.55. The monoisotopic (exact) mass is 396 g/mol. The third kappa shape index (κ3) is 4.00. The first-order valence-corrected chi connectivity index (χ1v) is 9.33. The molecular weight excluding hydrogens is 379 g/mol. The second kappa shape index (κ2) is 7.55. The third-order valence-electron chi connectivity index (χ3n) is 4.08. The average Bonchev–Trinajstić information content (AvgIpc) is 3.23. The van der Waals surface area contributed by atoms with Crippen molar-refractivity contribution < 1.29 is 9.18 Å². The quantitative estimate of drug-likeness (QED) is 0.820. The first kappa shape index (κ1) is 16.6. The zero-order valence-electron chi connectivity index (χ0n) is 12.6. The highest BCUT2D eigenvalue weighted by Crippen LogP contribution is 2.28. The number of carbonyl (C=O) groups is 1. The molecule has 3 nitrogen and oxygen atoms in total. The standard InChI is InChI=1S/C17H18BrFN2OS/c18-12-5-6-14(19)13(10-12)17(22)20-11-15(16-4-3-9-23-16)21-7-1-2-8-21/h3-6,9-10,15H,1-2,7-8,11H2,(H,20,22). The predicted molar refractivity (Wildman–Crippen MR) is 94.3 cm³/mol. The van der Waals surface area contributed by atoms with E-state index in [4.69, 9.17) is 0 Å². The molecule has 122 valence electrons. The van der Waals surface area contributed by atoms with Gasteiger partial charge in [-0.2, -0.15) is 0 Å². The number of benzene rings is 1. The van der Waals surface area contributed by atoms with E-state index >= 15 is 0 Å². The number of nitrogens with zero attached hydrogens (tertiary/aromatic N) is 1. The Hall–Kier alpha value is -1.24.